The Balaban J connectivity index is 3.77. The molecule has 0 rings (SSSR count). The Hall–Kier alpha value is 0.451. The minimum absolute atomic E-state index is 0.299. The first-order valence-electron chi connectivity index (χ1n) is 8.14. The van der Waals surface area contributed by atoms with E-state index in [1.165, 1.54) is 18.5 Å². The van der Waals surface area contributed by atoms with Crippen molar-refractivity contribution in [2.45, 2.75) is 51.2 Å². The average Bonchev–Trinajstić information content (AvgIpc) is 2.52. The zero-order chi connectivity index (χ0) is 15.8. The smallest absolute Gasteiger partial charge is 0.424 e. The van der Waals surface area contributed by atoms with E-state index >= 15 is 0 Å². The van der Waals surface area contributed by atoms with Crippen LogP contribution in [-0.2, 0) is 22.1 Å². The molecule has 0 heterocycles. The van der Waals surface area contributed by atoms with Crippen molar-refractivity contribution in [3.8, 4) is 0 Å². The summed E-state index contributed by atoms with van der Waals surface area (Å²) in [6.07, 6.45) is 3.33. The van der Waals surface area contributed by atoms with Crippen molar-refractivity contribution >= 4 is 28.3 Å². The van der Waals surface area contributed by atoms with Crippen LogP contribution in [-0.4, -0.2) is 62.4 Å². The van der Waals surface area contributed by atoms with Gasteiger partial charge >= 0.3 is 8.80 Å². The molecule has 0 aromatic rings. The Morgan fingerprint density at radius 1 is 0.810 bits per heavy atom. The Morgan fingerprint density at radius 2 is 1.38 bits per heavy atom. The number of hydrogen-bond donors (Lipinski definition) is 0. The lowest BCUT2D eigenvalue weighted by Gasteiger charge is -2.26. The number of rotatable bonds is 16. The van der Waals surface area contributed by atoms with Gasteiger partial charge in [-0.2, -0.15) is 0 Å². The lowest BCUT2D eigenvalue weighted by atomic mass is 10.4. The summed E-state index contributed by atoms with van der Waals surface area (Å²) in [5, 5.41) is 0. The molecule has 0 unspecified atom stereocenters. The minimum atomic E-state index is -2.43. The van der Waals surface area contributed by atoms with Gasteiger partial charge in [0.2, 0.25) is 0 Å². The molecule has 0 saturated carbocycles. The van der Waals surface area contributed by atoms with Crippen LogP contribution in [0.3, 0.4) is 0 Å². The van der Waals surface area contributed by atoms with Crippen molar-refractivity contribution < 1.29 is 22.1 Å². The molecule has 0 atom stereocenters. The Labute approximate surface area is 136 Å². The summed E-state index contributed by atoms with van der Waals surface area (Å²) >= 11 is 0. The normalized spacial score (nSPS) is 13.1. The van der Waals surface area contributed by atoms with E-state index in [-0.39, 0.29) is 19.5 Å². The highest BCUT2D eigenvalue weighted by Gasteiger charge is 2.38. The molecule has 128 valence electrons. The van der Waals surface area contributed by atoms with Crippen LogP contribution in [0.2, 0.25) is 18.1 Å². The third-order valence-corrected chi connectivity index (χ3v) is 9.13. The van der Waals surface area contributed by atoms with E-state index in [1.54, 1.807) is 14.2 Å². The van der Waals surface area contributed by atoms with Crippen LogP contribution >= 0.6 is 0 Å². The molecule has 0 radical (unpaired) electrons. The highest BCUT2D eigenvalue weighted by atomic mass is 28.4. The van der Waals surface area contributed by atoms with Crippen molar-refractivity contribution in [2.75, 3.05) is 34.0 Å². The second-order valence-electron chi connectivity index (χ2n) is 4.85. The molecular weight excluding hydrogens is 320 g/mol. The summed E-state index contributed by atoms with van der Waals surface area (Å²) in [7, 11) is 0.318. The van der Waals surface area contributed by atoms with Crippen LogP contribution in [0.1, 0.15) is 33.1 Å². The van der Waals surface area contributed by atoms with Gasteiger partial charge in [-0.05, 0) is 38.8 Å². The second-order valence-corrected chi connectivity index (χ2v) is 10.9. The van der Waals surface area contributed by atoms with Gasteiger partial charge in [0, 0.05) is 40.1 Å². The van der Waals surface area contributed by atoms with Crippen LogP contribution in [0.25, 0.3) is 0 Å². The summed E-state index contributed by atoms with van der Waals surface area (Å²) in [5.74, 6) is 0. The Morgan fingerprint density at radius 3 is 1.90 bits per heavy atom. The minimum Gasteiger partial charge on any atom is -0.424 e. The molecular formula is C13H34O5Si3. The van der Waals surface area contributed by atoms with E-state index in [0.29, 0.717) is 0 Å². The summed E-state index contributed by atoms with van der Waals surface area (Å²) < 4.78 is 28.1. The fourth-order valence-electron chi connectivity index (χ4n) is 2.02. The van der Waals surface area contributed by atoms with Gasteiger partial charge in [-0.25, -0.2) is 0 Å². The largest absolute Gasteiger partial charge is 0.500 e. The molecule has 0 aromatic heterocycles. The summed E-state index contributed by atoms with van der Waals surface area (Å²) in [5.41, 5.74) is 0. The van der Waals surface area contributed by atoms with Gasteiger partial charge in [0.25, 0.3) is 0 Å². The van der Waals surface area contributed by atoms with Gasteiger partial charge in [-0.1, -0.05) is 6.42 Å². The van der Waals surface area contributed by atoms with Gasteiger partial charge in [-0.15, -0.1) is 0 Å². The molecule has 0 aliphatic carbocycles. The first kappa shape index (κ1) is 21.5. The van der Waals surface area contributed by atoms with E-state index in [4.69, 9.17) is 22.1 Å². The lowest BCUT2D eigenvalue weighted by molar-refractivity contribution is 0.0966. The van der Waals surface area contributed by atoms with Crippen LogP contribution in [0.5, 0.6) is 0 Å². The zero-order valence-electron chi connectivity index (χ0n) is 14.3. The van der Waals surface area contributed by atoms with Crippen molar-refractivity contribution in [1.29, 1.82) is 0 Å². The highest BCUT2D eigenvalue weighted by Crippen LogP contribution is 2.18. The molecule has 5 nitrogen and oxygen atoms in total. The predicted molar refractivity (Wildman–Crippen MR) is 94.3 cm³/mol. The van der Waals surface area contributed by atoms with E-state index in [1.807, 2.05) is 6.92 Å². The molecule has 0 bridgehead atoms. The van der Waals surface area contributed by atoms with Crippen molar-refractivity contribution in [3.63, 3.8) is 0 Å². The Kier molecular flexibility index (Phi) is 15.7. The maximum atomic E-state index is 5.98. The molecule has 0 N–H and O–H groups in total. The van der Waals surface area contributed by atoms with Crippen LogP contribution < -0.4 is 0 Å². The van der Waals surface area contributed by atoms with Gasteiger partial charge in [0.05, 0.1) is 0 Å². The van der Waals surface area contributed by atoms with E-state index in [0.717, 1.165) is 38.7 Å². The number of unbranched alkanes of at least 4 members (excludes halogenated alkanes) is 1. The Bertz CT molecular complexity index is 218. The van der Waals surface area contributed by atoms with Crippen LogP contribution in [0, 0.1) is 0 Å². The summed E-state index contributed by atoms with van der Waals surface area (Å²) in [6, 6.07) is 3.29. The molecule has 0 spiro atoms. The van der Waals surface area contributed by atoms with E-state index < -0.39 is 8.80 Å². The van der Waals surface area contributed by atoms with E-state index in [9.17, 15) is 0 Å². The first-order valence-corrected chi connectivity index (χ1v) is 13.2. The quantitative estimate of drug-likeness (QED) is 0.310. The number of hydrogen-bond acceptors (Lipinski definition) is 5. The van der Waals surface area contributed by atoms with Crippen LogP contribution in [0.15, 0.2) is 0 Å². The van der Waals surface area contributed by atoms with Gasteiger partial charge in [0.15, 0.2) is 19.5 Å². The topological polar surface area (TPSA) is 46.2 Å². The highest BCUT2D eigenvalue weighted by molar-refractivity contribution is 6.60. The first-order chi connectivity index (χ1) is 10.2. The molecule has 0 fully saturated rings. The third-order valence-electron chi connectivity index (χ3n) is 3.31. The molecule has 0 amide bonds. The van der Waals surface area contributed by atoms with Crippen LogP contribution in [0.4, 0.5) is 0 Å². The molecule has 0 aromatic carbocycles. The molecule has 8 heteroatoms. The fraction of sp³-hybridized carbons (Fsp3) is 1.00. The average molecular weight is 355 g/mol. The standard InChI is InChI=1S/C13H34O5Si3/c1-5-16-19-11-8-7-10-18-21(14-3,15-4)13-9-12-20-17-6-2/h5-13,19-20H2,1-4H3. The fourth-order valence-corrected chi connectivity index (χ4v) is 6.61. The van der Waals surface area contributed by atoms with Gasteiger partial charge in [-0.3, -0.25) is 0 Å². The predicted octanol–water partition coefficient (Wildman–Crippen LogP) is 1.48. The van der Waals surface area contributed by atoms with Crippen molar-refractivity contribution in [2.24, 2.45) is 0 Å². The monoisotopic (exact) mass is 354 g/mol. The SMILES string of the molecule is CCO[SiH2]CCCCO[Si](CCC[SiH2]OCC)(OC)OC. The molecule has 0 aliphatic heterocycles. The summed E-state index contributed by atoms with van der Waals surface area (Å²) in [4.78, 5) is 0. The van der Waals surface area contributed by atoms with Crippen molar-refractivity contribution in [3.05, 3.63) is 0 Å². The van der Waals surface area contributed by atoms with E-state index in [2.05, 4.69) is 6.92 Å². The third kappa shape index (κ3) is 11.6. The molecule has 0 aliphatic rings. The zero-order valence-corrected chi connectivity index (χ0v) is 18.1. The van der Waals surface area contributed by atoms with Crippen molar-refractivity contribution in [1.82, 2.24) is 0 Å². The van der Waals surface area contributed by atoms with Gasteiger partial charge in [0.1, 0.15) is 0 Å². The van der Waals surface area contributed by atoms with Gasteiger partial charge < -0.3 is 22.1 Å². The lowest BCUT2D eigenvalue weighted by Crippen LogP contribution is -2.44. The molecule has 0 saturated heterocycles. The summed E-state index contributed by atoms with van der Waals surface area (Å²) in [6.45, 7) is 6.54. The molecule has 21 heavy (non-hydrogen) atoms. The maximum absolute atomic E-state index is 5.98. The second kappa shape index (κ2) is 15.4. The maximum Gasteiger partial charge on any atom is 0.500 e.